The van der Waals surface area contributed by atoms with Crippen LogP contribution in [-0.2, 0) is 5.60 Å². The summed E-state index contributed by atoms with van der Waals surface area (Å²) >= 11 is 3.49. The van der Waals surface area contributed by atoms with Gasteiger partial charge < -0.3 is 15.5 Å². The van der Waals surface area contributed by atoms with E-state index in [1.807, 2.05) is 42.5 Å². The number of aliphatic hydroxyl groups excluding tert-OH is 1. The van der Waals surface area contributed by atoms with E-state index < -0.39 is 5.60 Å². The normalized spacial score (nSPS) is 14.8. The Kier molecular flexibility index (Phi) is 8.79. The Bertz CT molecular complexity index is 632. The summed E-state index contributed by atoms with van der Waals surface area (Å²) in [6.45, 7) is 4.15. The molecule has 0 saturated heterocycles. The summed E-state index contributed by atoms with van der Waals surface area (Å²) in [5, 5.41) is 23.1. The summed E-state index contributed by atoms with van der Waals surface area (Å²) in [6.07, 6.45) is 3.46. The molecular formula is C22H31BrNO2+. The maximum atomic E-state index is 11.8. The van der Waals surface area contributed by atoms with Gasteiger partial charge in [-0.1, -0.05) is 71.7 Å². The van der Waals surface area contributed by atoms with Gasteiger partial charge in [0, 0.05) is 11.1 Å². The fourth-order valence-electron chi connectivity index (χ4n) is 3.62. The van der Waals surface area contributed by atoms with E-state index in [4.69, 9.17) is 5.11 Å². The lowest BCUT2D eigenvalue weighted by atomic mass is 9.74. The molecular weight excluding hydrogens is 390 g/mol. The van der Waals surface area contributed by atoms with Gasteiger partial charge in [-0.05, 0) is 42.5 Å². The summed E-state index contributed by atoms with van der Waals surface area (Å²) in [5.41, 5.74) is 1.24. The number of halogens is 1. The van der Waals surface area contributed by atoms with Crippen molar-refractivity contribution >= 4 is 15.9 Å². The monoisotopic (exact) mass is 420 g/mol. The smallest absolute Gasteiger partial charge is 0.102 e. The SMILES string of the molecule is CCCC(O)(c1ccc(Br)cc1)C(C[NH2+]CCCCO)c1ccccc1. The number of benzene rings is 2. The number of hydrogen-bond donors (Lipinski definition) is 3. The summed E-state index contributed by atoms with van der Waals surface area (Å²) < 4.78 is 1.02. The minimum absolute atomic E-state index is 0.0129. The van der Waals surface area contributed by atoms with Crippen LogP contribution in [0.1, 0.15) is 49.7 Å². The third kappa shape index (κ3) is 5.65. The molecule has 0 aliphatic rings. The topological polar surface area (TPSA) is 57.1 Å². The van der Waals surface area contributed by atoms with Gasteiger partial charge in [-0.15, -0.1) is 0 Å². The van der Waals surface area contributed by atoms with Crippen molar-refractivity contribution < 1.29 is 15.5 Å². The summed E-state index contributed by atoms with van der Waals surface area (Å²) in [4.78, 5) is 0. The first kappa shape index (κ1) is 21.1. The first-order valence-corrected chi connectivity index (χ1v) is 10.4. The van der Waals surface area contributed by atoms with Gasteiger partial charge in [0.15, 0.2) is 0 Å². The molecule has 3 nitrogen and oxygen atoms in total. The van der Waals surface area contributed by atoms with Crippen molar-refractivity contribution in [2.45, 2.75) is 44.1 Å². The van der Waals surface area contributed by atoms with Crippen LogP contribution in [0.4, 0.5) is 0 Å². The highest BCUT2D eigenvalue weighted by molar-refractivity contribution is 9.10. The predicted molar refractivity (Wildman–Crippen MR) is 110 cm³/mol. The van der Waals surface area contributed by atoms with Crippen molar-refractivity contribution in [3.8, 4) is 0 Å². The standard InChI is InChI=1S/C22H30BrNO2/c1-2-14-22(26,19-10-12-20(23)13-11-19)21(17-24-15-6-7-16-25)18-8-4-3-5-9-18/h3-5,8-13,21,24-26H,2,6-7,14-17H2,1H3/p+1. The lowest BCUT2D eigenvalue weighted by molar-refractivity contribution is -0.659. The Morgan fingerprint density at radius 2 is 1.73 bits per heavy atom. The molecule has 0 aliphatic carbocycles. The molecule has 142 valence electrons. The molecule has 2 atom stereocenters. The minimum atomic E-state index is -0.899. The van der Waals surface area contributed by atoms with Gasteiger partial charge in [0.2, 0.25) is 0 Å². The van der Waals surface area contributed by atoms with Crippen LogP contribution in [-0.4, -0.2) is 29.9 Å². The van der Waals surface area contributed by atoms with E-state index in [0.29, 0.717) is 0 Å². The van der Waals surface area contributed by atoms with Crippen molar-refractivity contribution in [1.29, 1.82) is 0 Å². The highest BCUT2D eigenvalue weighted by atomic mass is 79.9. The van der Waals surface area contributed by atoms with Crippen molar-refractivity contribution in [2.75, 3.05) is 19.7 Å². The lowest BCUT2D eigenvalue weighted by Gasteiger charge is -2.36. The molecule has 4 N–H and O–H groups in total. The van der Waals surface area contributed by atoms with Crippen LogP contribution in [0, 0.1) is 0 Å². The number of hydrogen-bond acceptors (Lipinski definition) is 2. The molecule has 0 spiro atoms. The van der Waals surface area contributed by atoms with E-state index in [0.717, 1.165) is 48.8 Å². The average Bonchev–Trinajstić information content (AvgIpc) is 2.66. The molecule has 0 bridgehead atoms. The molecule has 4 heteroatoms. The molecule has 0 amide bonds. The first-order chi connectivity index (χ1) is 12.6. The maximum absolute atomic E-state index is 11.8. The number of rotatable bonds is 11. The van der Waals surface area contributed by atoms with Gasteiger partial charge in [-0.2, -0.15) is 0 Å². The van der Waals surface area contributed by atoms with Crippen LogP contribution in [0.15, 0.2) is 59.1 Å². The van der Waals surface area contributed by atoms with E-state index in [-0.39, 0.29) is 12.5 Å². The third-order valence-electron chi connectivity index (χ3n) is 4.97. The summed E-state index contributed by atoms with van der Waals surface area (Å²) in [7, 11) is 0. The molecule has 0 aromatic heterocycles. The van der Waals surface area contributed by atoms with Crippen molar-refractivity contribution in [3.05, 3.63) is 70.2 Å². The van der Waals surface area contributed by atoms with Gasteiger partial charge in [0.25, 0.3) is 0 Å². The Labute approximate surface area is 165 Å². The number of unbranched alkanes of at least 4 members (excludes halogenated alkanes) is 1. The molecule has 2 unspecified atom stereocenters. The first-order valence-electron chi connectivity index (χ1n) is 9.57. The van der Waals surface area contributed by atoms with Crippen molar-refractivity contribution in [3.63, 3.8) is 0 Å². The van der Waals surface area contributed by atoms with Crippen LogP contribution in [0.2, 0.25) is 0 Å². The van der Waals surface area contributed by atoms with Crippen molar-refractivity contribution in [1.82, 2.24) is 0 Å². The maximum Gasteiger partial charge on any atom is 0.102 e. The highest BCUT2D eigenvalue weighted by Crippen LogP contribution is 2.40. The lowest BCUT2D eigenvalue weighted by Crippen LogP contribution is -2.86. The van der Waals surface area contributed by atoms with E-state index in [1.165, 1.54) is 5.56 Å². The molecule has 2 rings (SSSR count). The number of aliphatic hydroxyl groups is 2. The fourth-order valence-corrected chi connectivity index (χ4v) is 3.88. The van der Waals surface area contributed by atoms with Crippen LogP contribution in [0.5, 0.6) is 0 Å². The molecule has 0 saturated carbocycles. The largest absolute Gasteiger partial charge is 0.396 e. The third-order valence-corrected chi connectivity index (χ3v) is 5.50. The average molecular weight is 421 g/mol. The van der Waals surface area contributed by atoms with Crippen molar-refractivity contribution in [2.24, 2.45) is 0 Å². The van der Waals surface area contributed by atoms with E-state index in [2.05, 4.69) is 40.3 Å². The van der Waals surface area contributed by atoms with Gasteiger partial charge in [0.05, 0.1) is 19.0 Å². The zero-order valence-corrected chi connectivity index (χ0v) is 17.2. The van der Waals surface area contributed by atoms with Gasteiger partial charge in [-0.25, -0.2) is 0 Å². The molecule has 26 heavy (non-hydrogen) atoms. The second-order valence-electron chi connectivity index (χ2n) is 6.89. The molecule has 0 radical (unpaired) electrons. The Hall–Kier alpha value is -1.20. The zero-order chi connectivity index (χ0) is 18.8. The van der Waals surface area contributed by atoms with Crippen LogP contribution >= 0.6 is 15.9 Å². The molecule has 2 aromatic carbocycles. The van der Waals surface area contributed by atoms with Crippen LogP contribution in [0.3, 0.4) is 0 Å². The molecule has 0 heterocycles. The second-order valence-corrected chi connectivity index (χ2v) is 7.80. The second kappa shape index (κ2) is 10.8. The number of nitrogens with two attached hydrogens (primary N) is 1. The van der Waals surface area contributed by atoms with E-state index in [9.17, 15) is 5.11 Å². The summed E-state index contributed by atoms with van der Waals surface area (Å²) in [6, 6.07) is 18.4. The number of quaternary nitrogens is 1. The Balaban J connectivity index is 2.30. The highest BCUT2D eigenvalue weighted by Gasteiger charge is 2.39. The van der Waals surface area contributed by atoms with Gasteiger partial charge >= 0.3 is 0 Å². The zero-order valence-electron chi connectivity index (χ0n) is 15.6. The van der Waals surface area contributed by atoms with Gasteiger partial charge in [-0.3, -0.25) is 0 Å². The molecule has 0 aliphatic heterocycles. The van der Waals surface area contributed by atoms with E-state index in [1.54, 1.807) is 0 Å². The summed E-state index contributed by atoms with van der Waals surface area (Å²) in [5.74, 6) is 0.0129. The van der Waals surface area contributed by atoms with Crippen LogP contribution < -0.4 is 5.32 Å². The fraction of sp³-hybridized carbons (Fsp3) is 0.455. The Morgan fingerprint density at radius 3 is 2.35 bits per heavy atom. The predicted octanol–water partition coefficient (Wildman–Crippen LogP) is 3.56. The van der Waals surface area contributed by atoms with E-state index >= 15 is 0 Å². The van der Waals surface area contributed by atoms with Gasteiger partial charge in [0.1, 0.15) is 5.60 Å². The van der Waals surface area contributed by atoms with Crippen LogP contribution in [0.25, 0.3) is 0 Å². The quantitative estimate of drug-likeness (QED) is 0.486. The molecule has 0 fully saturated rings. The Morgan fingerprint density at radius 1 is 1.04 bits per heavy atom. The minimum Gasteiger partial charge on any atom is -0.396 e. The molecule has 2 aromatic rings.